The number of hydrogen-bond donors (Lipinski definition) is 2. The molecule has 0 aliphatic carbocycles. The molecule has 86 valence electrons. The van der Waals surface area contributed by atoms with Crippen LogP contribution in [0.3, 0.4) is 0 Å². The molecule has 2 bridgehead atoms. The molecule has 0 spiro atoms. The topological polar surface area (TPSA) is 32.3 Å². The van der Waals surface area contributed by atoms with Crippen LogP contribution in [0, 0.1) is 0 Å². The molecule has 16 heavy (non-hydrogen) atoms. The highest BCUT2D eigenvalue weighted by Crippen LogP contribution is 2.43. The molecule has 0 saturated carbocycles. The molecule has 2 aliphatic rings. The molecular formula is C13H16BrNO. The van der Waals surface area contributed by atoms with E-state index in [4.69, 9.17) is 0 Å². The quantitative estimate of drug-likeness (QED) is 0.829. The molecule has 2 heterocycles. The van der Waals surface area contributed by atoms with Crippen molar-refractivity contribution in [3.05, 3.63) is 34.3 Å². The highest BCUT2D eigenvalue weighted by molar-refractivity contribution is 9.10. The van der Waals surface area contributed by atoms with E-state index in [1.165, 1.54) is 12.0 Å². The lowest BCUT2D eigenvalue weighted by molar-refractivity contribution is 0.0801. The molecule has 1 aromatic rings. The number of hydrogen-bond acceptors (Lipinski definition) is 2. The van der Waals surface area contributed by atoms with Crippen LogP contribution >= 0.6 is 15.9 Å². The Bertz CT molecular complexity index is 409. The third-order valence-electron chi connectivity index (χ3n) is 3.92. The van der Waals surface area contributed by atoms with Gasteiger partial charge in [0.2, 0.25) is 0 Å². The second-order valence-electron chi connectivity index (χ2n) is 5.07. The first-order valence-corrected chi connectivity index (χ1v) is 6.69. The Balaban J connectivity index is 1.98. The molecule has 0 radical (unpaired) electrons. The van der Waals surface area contributed by atoms with E-state index >= 15 is 0 Å². The van der Waals surface area contributed by atoms with Gasteiger partial charge >= 0.3 is 0 Å². The van der Waals surface area contributed by atoms with Gasteiger partial charge in [-0.15, -0.1) is 0 Å². The van der Waals surface area contributed by atoms with E-state index < -0.39 is 0 Å². The van der Waals surface area contributed by atoms with Crippen LogP contribution in [-0.4, -0.2) is 17.3 Å². The van der Waals surface area contributed by atoms with Crippen molar-refractivity contribution in [1.82, 2.24) is 5.32 Å². The molecule has 3 heteroatoms. The van der Waals surface area contributed by atoms with Gasteiger partial charge in [0, 0.05) is 16.1 Å². The number of rotatable bonds is 1. The summed E-state index contributed by atoms with van der Waals surface area (Å²) < 4.78 is 1.12. The van der Waals surface area contributed by atoms with Crippen LogP contribution in [0.25, 0.3) is 0 Å². The van der Waals surface area contributed by atoms with Crippen molar-refractivity contribution < 1.29 is 5.11 Å². The van der Waals surface area contributed by atoms with Crippen molar-refractivity contribution in [3.8, 4) is 0 Å². The van der Waals surface area contributed by atoms with Gasteiger partial charge in [0.25, 0.3) is 0 Å². The standard InChI is InChI=1S/C13H16BrNO/c14-10-3-1-2-9(6-10)13-5-4-11(15-13)7-12(16)8-13/h1-3,6,11-12,15-16H,4-5,7-8H2. The van der Waals surface area contributed by atoms with Crippen molar-refractivity contribution in [1.29, 1.82) is 0 Å². The highest BCUT2D eigenvalue weighted by Gasteiger charge is 2.45. The van der Waals surface area contributed by atoms with Crippen molar-refractivity contribution >= 4 is 15.9 Å². The van der Waals surface area contributed by atoms with Gasteiger partial charge in [-0.05, 0) is 43.4 Å². The van der Waals surface area contributed by atoms with Gasteiger partial charge in [-0.2, -0.15) is 0 Å². The van der Waals surface area contributed by atoms with Crippen LogP contribution in [0.1, 0.15) is 31.2 Å². The van der Waals surface area contributed by atoms with Gasteiger partial charge in [0.15, 0.2) is 0 Å². The predicted octanol–water partition coefficient (Wildman–Crippen LogP) is 2.55. The van der Waals surface area contributed by atoms with Crippen LogP contribution in [0.5, 0.6) is 0 Å². The van der Waals surface area contributed by atoms with E-state index in [1.54, 1.807) is 0 Å². The van der Waals surface area contributed by atoms with Crippen LogP contribution in [0.2, 0.25) is 0 Å². The molecule has 2 fully saturated rings. The fraction of sp³-hybridized carbons (Fsp3) is 0.538. The SMILES string of the molecule is OC1CC2CCC(c3cccc(Br)c3)(C1)N2. The van der Waals surface area contributed by atoms with E-state index in [0.717, 1.165) is 23.7 Å². The van der Waals surface area contributed by atoms with E-state index in [1.807, 2.05) is 6.07 Å². The summed E-state index contributed by atoms with van der Waals surface area (Å²) in [6.45, 7) is 0. The van der Waals surface area contributed by atoms with Gasteiger partial charge in [0.05, 0.1) is 6.10 Å². The number of piperidine rings is 1. The zero-order valence-electron chi connectivity index (χ0n) is 9.12. The van der Waals surface area contributed by atoms with Crippen LogP contribution in [0.15, 0.2) is 28.7 Å². The van der Waals surface area contributed by atoms with Gasteiger partial charge in [-0.3, -0.25) is 0 Å². The highest BCUT2D eigenvalue weighted by atomic mass is 79.9. The summed E-state index contributed by atoms with van der Waals surface area (Å²) in [5.74, 6) is 0. The predicted molar refractivity (Wildman–Crippen MR) is 67.2 cm³/mol. The average molecular weight is 282 g/mol. The van der Waals surface area contributed by atoms with Crippen molar-refractivity contribution in [2.24, 2.45) is 0 Å². The summed E-state index contributed by atoms with van der Waals surface area (Å²) in [5, 5.41) is 13.6. The minimum atomic E-state index is -0.146. The molecule has 2 nitrogen and oxygen atoms in total. The fourth-order valence-corrected chi connectivity index (χ4v) is 3.64. The summed E-state index contributed by atoms with van der Waals surface area (Å²) in [5.41, 5.74) is 1.33. The molecule has 0 aromatic heterocycles. The van der Waals surface area contributed by atoms with Gasteiger partial charge < -0.3 is 10.4 Å². The van der Waals surface area contributed by atoms with E-state index in [-0.39, 0.29) is 11.6 Å². The Morgan fingerprint density at radius 1 is 1.44 bits per heavy atom. The van der Waals surface area contributed by atoms with E-state index in [9.17, 15) is 5.11 Å². The molecule has 1 aromatic carbocycles. The van der Waals surface area contributed by atoms with Crippen molar-refractivity contribution in [2.45, 2.75) is 43.4 Å². The summed E-state index contributed by atoms with van der Waals surface area (Å²) in [6.07, 6.45) is 3.94. The lowest BCUT2D eigenvalue weighted by Crippen LogP contribution is -2.48. The van der Waals surface area contributed by atoms with Gasteiger partial charge in [-0.25, -0.2) is 0 Å². The third-order valence-corrected chi connectivity index (χ3v) is 4.41. The van der Waals surface area contributed by atoms with Crippen LogP contribution in [0.4, 0.5) is 0 Å². The lowest BCUT2D eigenvalue weighted by Gasteiger charge is -2.37. The van der Waals surface area contributed by atoms with Crippen molar-refractivity contribution in [3.63, 3.8) is 0 Å². The summed E-state index contributed by atoms with van der Waals surface area (Å²) >= 11 is 3.52. The largest absolute Gasteiger partial charge is 0.393 e. The minimum Gasteiger partial charge on any atom is -0.393 e. The zero-order valence-corrected chi connectivity index (χ0v) is 10.7. The zero-order chi connectivity index (χ0) is 11.2. The smallest absolute Gasteiger partial charge is 0.0576 e. The number of aliphatic hydroxyl groups is 1. The lowest BCUT2D eigenvalue weighted by atomic mass is 9.82. The van der Waals surface area contributed by atoms with Crippen LogP contribution in [-0.2, 0) is 5.54 Å². The second-order valence-corrected chi connectivity index (χ2v) is 5.98. The van der Waals surface area contributed by atoms with Crippen LogP contribution < -0.4 is 5.32 Å². The van der Waals surface area contributed by atoms with E-state index in [0.29, 0.717) is 6.04 Å². The normalized spacial score (nSPS) is 37.6. The molecular weight excluding hydrogens is 266 g/mol. The molecule has 3 unspecified atom stereocenters. The maximum absolute atomic E-state index is 9.93. The second kappa shape index (κ2) is 3.83. The molecule has 3 atom stereocenters. The maximum Gasteiger partial charge on any atom is 0.0576 e. The Kier molecular flexibility index (Phi) is 2.57. The minimum absolute atomic E-state index is 0.0200. The number of nitrogens with one attached hydrogen (secondary N) is 1. The summed E-state index contributed by atoms with van der Waals surface area (Å²) in [4.78, 5) is 0. The van der Waals surface area contributed by atoms with E-state index in [2.05, 4.69) is 39.4 Å². The monoisotopic (exact) mass is 281 g/mol. The number of aliphatic hydroxyl groups excluding tert-OH is 1. The summed E-state index contributed by atoms with van der Waals surface area (Å²) in [6, 6.07) is 8.96. The maximum atomic E-state index is 9.93. The number of fused-ring (bicyclic) bond motifs is 2. The molecule has 3 rings (SSSR count). The van der Waals surface area contributed by atoms with Gasteiger partial charge in [0.1, 0.15) is 0 Å². The molecule has 0 amide bonds. The first-order valence-electron chi connectivity index (χ1n) is 5.90. The molecule has 2 aliphatic heterocycles. The fourth-order valence-electron chi connectivity index (χ4n) is 3.24. The number of benzene rings is 1. The number of halogens is 1. The van der Waals surface area contributed by atoms with Gasteiger partial charge in [-0.1, -0.05) is 28.1 Å². The molecule has 2 saturated heterocycles. The Hall–Kier alpha value is -0.380. The Morgan fingerprint density at radius 2 is 2.31 bits per heavy atom. The Morgan fingerprint density at radius 3 is 3.12 bits per heavy atom. The first kappa shape index (κ1) is 10.8. The first-order chi connectivity index (χ1) is 7.68. The Labute approximate surface area is 104 Å². The van der Waals surface area contributed by atoms with Crippen molar-refractivity contribution in [2.75, 3.05) is 0 Å². The summed E-state index contributed by atoms with van der Waals surface area (Å²) in [7, 11) is 0. The molecule has 2 N–H and O–H groups in total. The third kappa shape index (κ3) is 1.71. The average Bonchev–Trinajstić information content (AvgIpc) is 2.56.